The first kappa shape index (κ1) is 35.8. The van der Waals surface area contributed by atoms with E-state index in [0.29, 0.717) is 0 Å². The molecule has 0 amide bonds. The van der Waals surface area contributed by atoms with Gasteiger partial charge in [0.25, 0.3) is 0 Å². The SMILES string of the molecule is c1ccc(-c2ccc(-c3c4ccccc4c(-c4ccc(-c5ccccc5)cc4)c4cc(-c5ccc(-c6cc7ccccc7c7ccccc67)c6ccccc56)ccc34)cc2)cc1. The fourth-order valence-electron chi connectivity index (χ4n) is 9.95. The third-order valence-electron chi connectivity index (χ3n) is 12.9. The number of rotatable bonds is 6. The predicted molar refractivity (Wildman–Crippen MR) is 267 cm³/mol. The molecule has 0 nitrogen and oxygen atoms in total. The van der Waals surface area contributed by atoms with E-state index >= 15 is 0 Å². The molecular formula is C62H40. The molecule has 0 saturated carbocycles. The van der Waals surface area contributed by atoms with Crippen molar-refractivity contribution in [2.45, 2.75) is 0 Å². The lowest BCUT2D eigenvalue weighted by Crippen LogP contribution is -1.93. The quantitative estimate of drug-likeness (QED) is 0.116. The Kier molecular flexibility index (Phi) is 8.61. The van der Waals surface area contributed by atoms with Gasteiger partial charge >= 0.3 is 0 Å². The van der Waals surface area contributed by atoms with Crippen LogP contribution in [0.15, 0.2) is 243 Å². The van der Waals surface area contributed by atoms with E-state index in [1.54, 1.807) is 0 Å². The van der Waals surface area contributed by atoms with Crippen LogP contribution in [0.2, 0.25) is 0 Å². The van der Waals surface area contributed by atoms with Crippen LogP contribution >= 0.6 is 0 Å². The van der Waals surface area contributed by atoms with Gasteiger partial charge in [0.05, 0.1) is 0 Å². The van der Waals surface area contributed by atoms with Gasteiger partial charge in [-0.3, -0.25) is 0 Å². The second-order valence-electron chi connectivity index (χ2n) is 16.3. The molecule has 0 N–H and O–H groups in total. The summed E-state index contributed by atoms with van der Waals surface area (Å²) < 4.78 is 0. The fourth-order valence-corrected chi connectivity index (χ4v) is 9.95. The van der Waals surface area contributed by atoms with Gasteiger partial charge in [-0.15, -0.1) is 0 Å². The van der Waals surface area contributed by atoms with Crippen LogP contribution in [0.5, 0.6) is 0 Å². The lowest BCUT2D eigenvalue weighted by Gasteiger charge is -2.20. The van der Waals surface area contributed by atoms with Crippen molar-refractivity contribution >= 4 is 53.9 Å². The molecule has 0 bridgehead atoms. The number of benzene rings is 12. The van der Waals surface area contributed by atoms with E-state index in [1.165, 1.54) is 121 Å². The highest BCUT2D eigenvalue weighted by Gasteiger charge is 2.20. The molecule has 62 heavy (non-hydrogen) atoms. The predicted octanol–water partition coefficient (Wildman–Crippen LogP) is 17.5. The van der Waals surface area contributed by atoms with Gasteiger partial charge < -0.3 is 0 Å². The minimum Gasteiger partial charge on any atom is -0.0622 e. The summed E-state index contributed by atoms with van der Waals surface area (Å²) in [7, 11) is 0. The van der Waals surface area contributed by atoms with Crippen LogP contribution < -0.4 is 0 Å². The lowest BCUT2D eigenvalue weighted by atomic mass is 9.83. The van der Waals surface area contributed by atoms with Crippen LogP contribution in [0.4, 0.5) is 0 Å². The third kappa shape index (κ3) is 5.99. The molecule has 0 saturated heterocycles. The van der Waals surface area contributed by atoms with Gasteiger partial charge in [0.15, 0.2) is 0 Å². The average Bonchev–Trinajstić information content (AvgIpc) is 3.35. The van der Waals surface area contributed by atoms with E-state index in [0.717, 1.165) is 0 Å². The molecule has 0 aliphatic rings. The smallest absolute Gasteiger partial charge is 0.00261 e. The Morgan fingerprint density at radius 3 is 1.11 bits per heavy atom. The molecule has 0 aromatic heterocycles. The van der Waals surface area contributed by atoms with Crippen LogP contribution in [0.1, 0.15) is 0 Å². The maximum absolute atomic E-state index is 2.46. The zero-order valence-corrected chi connectivity index (χ0v) is 34.1. The van der Waals surface area contributed by atoms with E-state index in [4.69, 9.17) is 0 Å². The molecule has 12 rings (SSSR count). The molecule has 0 atom stereocenters. The summed E-state index contributed by atoms with van der Waals surface area (Å²) in [6.07, 6.45) is 0. The highest BCUT2D eigenvalue weighted by atomic mass is 14.2. The number of fused-ring (bicyclic) bond motifs is 6. The minimum atomic E-state index is 1.20. The van der Waals surface area contributed by atoms with Crippen molar-refractivity contribution in [3.8, 4) is 66.8 Å². The summed E-state index contributed by atoms with van der Waals surface area (Å²) in [6, 6.07) is 89.4. The van der Waals surface area contributed by atoms with Crippen molar-refractivity contribution < 1.29 is 0 Å². The lowest BCUT2D eigenvalue weighted by molar-refractivity contribution is 1.60. The summed E-state index contributed by atoms with van der Waals surface area (Å²) in [4.78, 5) is 0. The fraction of sp³-hybridized carbons (Fsp3) is 0. The van der Waals surface area contributed by atoms with Gasteiger partial charge in [-0.1, -0.05) is 231 Å². The molecular weight excluding hydrogens is 745 g/mol. The van der Waals surface area contributed by atoms with E-state index in [9.17, 15) is 0 Å². The van der Waals surface area contributed by atoms with Gasteiger partial charge in [0.1, 0.15) is 0 Å². The monoisotopic (exact) mass is 784 g/mol. The van der Waals surface area contributed by atoms with E-state index < -0.39 is 0 Å². The van der Waals surface area contributed by atoms with Gasteiger partial charge in [-0.2, -0.15) is 0 Å². The van der Waals surface area contributed by atoms with Crippen LogP contribution in [0.25, 0.3) is 121 Å². The van der Waals surface area contributed by atoms with Crippen LogP contribution in [0, 0.1) is 0 Å². The van der Waals surface area contributed by atoms with Crippen LogP contribution in [0.3, 0.4) is 0 Å². The van der Waals surface area contributed by atoms with Crippen molar-refractivity contribution in [3.63, 3.8) is 0 Å². The maximum Gasteiger partial charge on any atom is -0.00261 e. The van der Waals surface area contributed by atoms with E-state index in [2.05, 4.69) is 243 Å². The van der Waals surface area contributed by atoms with E-state index in [-0.39, 0.29) is 0 Å². The van der Waals surface area contributed by atoms with E-state index in [1.807, 2.05) is 0 Å². The van der Waals surface area contributed by atoms with Crippen molar-refractivity contribution in [2.24, 2.45) is 0 Å². The summed E-state index contributed by atoms with van der Waals surface area (Å²) in [5.74, 6) is 0. The Morgan fingerprint density at radius 2 is 0.532 bits per heavy atom. The molecule has 0 heteroatoms. The molecule has 0 aliphatic heterocycles. The molecule has 288 valence electrons. The Balaban J connectivity index is 1.09. The molecule has 0 heterocycles. The molecule has 0 unspecified atom stereocenters. The minimum absolute atomic E-state index is 1.20. The maximum atomic E-state index is 2.46. The molecule has 0 aliphatic carbocycles. The zero-order chi connectivity index (χ0) is 41.0. The molecule has 12 aromatic carbocycles. The number of hydrogen-bond acceptors (Lipinski definition) is 0. The Bertz CT molecular complexity index is 3640. The highest BCUT2D eigenvalue weighted by molar-refractivity contribution is 6.23. The topological polar surface area (TPSA) is 0 Å². The van der Waals surface area contributed by atoms with Crippen molar-refractivity contribution in [1.29, 1.82) is 0 Å². The standard InChI is InChI=1S/C62H40/c1-3-15-41(16-4-1)43-27-31-45(32-28-43)61-56-25-13-14-26-57(56)62(46-33-29-44(30-34-46)42-17-5-2-6-18-42)60-40-48(35-36-58(60)61)50-37-38-55(53-23-11-9-22-52(50)53)59-39-47-19-7-8-20-49(47)51-21-10-12-24-54(51)59/h1-40H. The highest BCUT2D eigenvalue weighted by Crippen LogP contribution is 2.47. The molecule has 0 spiro atoms. The van der Waals surface area contributed by atoms with Gasteiger partial charge in [0, 0.05) is 0 Å². The normalized spacial score (nSPS) is 11.5. The first-order valence-corrected chi connectivity index (χ1v) is 21.5. The largest absolute Gasteiger partial charge is 0.0622 e. The second-order valence-corrected chi connectivity index (χ2v) is 16.3. The summed E-state index contributed by atoms with van der Waals surface area (Å²) >= 11 is 0. The zero-order valence-electron chi connectivity index (χ0n) is 34.1. The molecule has 0 radical (unpaired) electrons. The Hall–Kier alpha value is -8.06. The first-order chi connectivity index (χ1) is 30.8. The average molecular weight is 785 g/mol. The Labute approximate surface area is 361 Å². The van der Waals surface area contributed by atoms with Crippen LogP contribution in [-0.4, -0.2) is 0 Å². The van der Waals surface area contributed by atoms with Crippen LogP contribution in [-0.2, 0) is 0 Å². The Morgan fingerprint density at radius 1 is 0.161 bits per heavy atom. The van der Waals surface area contributed by atoms with Gasteiger partial charge in [-0.25, -0.2) is 0 Å². The van der Waals surface area contributed by atoms with Gasteiger partial charge in [-0.05, 0) is 133 Å². The second kappa shape index (κ2) is 14.9. The summed E-state index contributed by atoms with van der Waals surface area (Å²) in [6.45, 7) is 0. The summed E-state index contributed by atoms with van der Waals surface area (Å²) in [5.41, 5.74) is 14.7. The first-order valence-electron chi connectivity index (χ1n) is 21.5. The van der Waals surface area contributed by atoms with Crippen molar-refractivity contribution in [3.05, 3.63) is 243 Å². The third-order valence-corrected chi connectivity index (χ3v) is 12.9. The number of hydrogen-bond donors (Lipinski definition) is 0. The van der Waals surface area contributed by atoms with Crippen molar-refractivity contribution in [1.82, 2.24) is 0 Å². The molecule has 0 fully saturated rings. The van der Waals surface area contributed by atoms with Crippen molar-refractivity contribution in [2.75, 3.05) is 0 Å². The molecule has 12 aromatic rings. The summed E-state index contributed by atoms with van der Waals surface area (Å²) in [5, 5.41) is 12.6. The van der Waals surface area contributed by atoms with Gasteiger partial charge in [0.2, 0.25) is 0 Å².